The topological polar surface area (TPSA) is 76.9 Å². The van der Waals surface area contributed by atoms with Crippen LogP contribution in [0, 0.1) is 6.92 Å². The van der Waals surface area contributed by atoms with Crippen LogP contribution in [0.4, 0.5) is 18.2 Å². The zero-order valence-corrected chi connectivity index (χ0v) is 15.0. The number of hydrogen-bond donors (Lipinski definition) is 1. The molecule has 0 unspecified atom stereocenters. The number of nitrogens with one attached hydrogen (secondary N) is 1. The Balaban J connectivity index is 1.85. The van der Waals surface area contributed by atoms with E-state index in [2.05, 4.69) is 15.4 Å². The van der Waals surface area contributed by atoms with Gasteiger partial charge in [-0.25, -0.2) is 4.98 Å². The van der Waals surface area contributed by atoms with Gasteiger partial charge in [-0.1, -0.05) is 23.5 Å². The third-order valence-corrected chi connectivity index (χ3v) is 4.80. The molecule has 10 heteroatoms. The van der Waals surface area contributed by atoms with E-state index in [4.69, 9.17) is 0 Å². The lowest BCUT2D eigenvalue weighted by Crippen LogP contribution is -2.15. The van der Waals surface area contributed by atoms with Gasteiger partial charge < -0.3 is 5.32 Å². The summed E-state index contributed by atoms with van der Waals surface area (Å²) in [7, 11) is 1.61. The van der Waals surface area contributed by atoms with Gasteiger partial charge in [0.05, 0.1) is 11.3 Å². The quantitative estimate of drug-likeness (QED) is 0.685. The van der Waals surface area contributed by atoms with E-state index in [9.17, 15) is 22.8 Å². The summed E-state index contributed by atoms with van der Waals surface area (Å²) in [5.74, 6) is -1.07. The molecule has 0 atom stereocenters. The van der Waals surface area contributed by atoms with Crippen LogP contribution in [-0.2, 0) is 13.2 Å². The zero-order chi connectivity index (χ0) is 19.8. The summed E-state index contributed by atoms with van der Waals surface area (Å²) in [5, 5.41) is 6.88. The Morgan fingerprint density at radius 2 is 1.96 bits per heavy atom. The highest BCUT2D eigenvalue weighted by molar-refractivity contribution is 7.18. The average Bonchev–Trinajstić information content (AvgIpc) is 3.19. The molecule has 140 valence electrons. The van der Waals surface area contributed by atoms with Crippen LogP contribution in [0.5, 0.6) is 0 Å². The van der Waals surface area contributed by atoms with Gasteiger partial charge in [0, 0.05) is 18.8 Å². The summed E-state index contributed by atoms with van der Waals surface area (Å²) < 4.78 is 39.9. The normalized spacial score (nSPS) is 11.4. The van der Waals surface area contributed by atoms with Gasteiger partial charge in [0.2, 0.25) is 5.78 Å². The highest BCUT2D eigenvalue weighted by Gasteiger charge is 2.31. The molecular formula is C17H13F3N4O2S. The number of amides is 1. The fourth-order valence-electron chi connectivity index (χ4n) is 2.33. The van der Waals surface area contributed by atoms with Crippen molar-refractivity contribution in [3.05, 3.63) is 64.1 Å². The predicted octanol–water partition coefficient (Wildman–Crippen LogP) is 3.69. The first kappa shape index (κ1) is 18.8. The molecular weight excluding hydrogens is 381 g/mol. The molecule has 0 saturated heterocycles. The first-order valence-electron chi connectivity index (χ1n) is 7.65. The SMILES string of the molecule is Cc1nc(C(=O)c2cccc(C(F)(F)F)c2)sc1NC(=O)c1ccnn1C. The summed E-state index contributed by atoms with van der Waals surface area (Å²) in [5.41, 5.74) is -0.325. The zero-order valence-electron chi connectivity index (χ0n) is 14.2. The lowest BCUT2D eigenvalue weighted by molar-refractivity contribution is -0.137. The van der Waals surface area contributed by atoms with E-state index in [1.807, 2.05) is 0 Å². The number of aromatic nitrogens is 3. The van der Waals surface area contributed by atoms with Gasteiger partial charge in [-0.3, -0.25) is 14.3 Å². The van der Waals surface area contributed by atoms with E-state index < -0.39 is 23.4 Å². The number of hydrogen-bond acceptors (Lipinski definition) is 5. The van der Waals surface area contributed by atoms with Crippen molar-refractivity contribution in [3.8, 4) is 0 Å². The van der Waals surface area contributed by atoms with Crippen LogP contribution in [0.15, 0.2) is 36.5 Å². The molecule has 0 aliphatic heterocycles. The molecule has 3 aromatic rings. The fourth-order valence-corrected chi connectivity index (χ4v) is 3.26. The standard InChI is InChI=1S/C17H13F3N4O2S/c1-9-15(23-14(26)12-6-7-21-24(12)2)27-16(22-9)13(25)10-4-3-5-11(8-10)17(18,19)20/h3-8H,1-2H3,(H,23,26). The van der Waals surface area contributed by atoms with Crippen LogP contribution < -0.4 is 5.32 Å². The molecule has 0 saturated carbocycles. The molecule has 2 heterocycles. The Hall–Kier alpha value is -3.01. The molecule has 1 amide bonds. The highest BCUT2D eigenvalue weighted by Crippen LogP contribution is 2.31. The molecule has 0 bridgehead atoms. The first-order valence-corrected chi connectivity index (χ1v) is 8.47. The average molecular weight is 394 g/mol. The second kappa shape index (κ2) is 6.95. The fraction of sp³-hybridized carbons (Fsp3) is 0.176. The molecule has 0 fully saturated rings. The Kier molecular flexibility index (Phi) is 4.83. The minimum Gasteiger partial charge on any atom is -0.311 e. The summed E-state index contributed by atoms with van der Waals surface area (Å²) in [6, 6.07) is 5.67. The lowest BCUT2D eigenvalue weighted by Gasteiger charge is -2.07. The smallest absolute Gasteiger partial charge is 0.311 e. The van der Waals surface area contributed by atoms with Crippen LogP contribution in [0.25, 0.3) is 0 Å². The largest absolute Gasteiger partial charge is 0.416 e. The Morgan fingerprint density at radius 3 is 2.59 bits per heavy atom. The minimum atomic E-state index is -4.54. The van der Waals surface area contributed by atoms with Gasteiger partial charge in [0.25, 0.3) is 5.91 Å². The Labute approximate surface area is 155 Å². The van der Waals surface area contributed by atoms with Crippen molar-refractivity contribution in [3.63, 3.8) is 0 Å². The number of nitrogens with zero attached hydrogens (tertiary/aromatic N) is 3. The van der Waals surface area contributed by atoms with E-state index in [0.717, 1.165) is 23.5 Å². The highest BCUT2D eigenvalue weighted by atomic mass is 32.1. The number of anilines is 1. The second-order valence-corrected chi connectivity index (χ2v) is 6.63. The molecule has 0 spiro atoms. The first-order chi connectivity index (χ1) is 12.7. The summed E-state index contributed by atoms with van der Waals surface area (Å²) >= 11 is 0.904. The maximum absolute atomic E-state index is 12.8. The maximum Gasteiger partial charge on any atom is 0.416 e. The molecule has 1 N–H and O–H groups in total. The number of thiazole rings is 1. The minimum absolute atomic E-state index is 0.00729. The van der Waals surface area contributed by atoms with Crippen LogP contribution >= 0.6 is 11.3 Å². The Bertz CT molecular complexity index is 1020. The molecule has 1 aromatic carbocycles. The summed E-state index contributed by atoms with van der Waals surface area (Å²) in [6.07, 6.45) is -3.08. The van der Waals surface area contributed by atoms with Gasteiger partial charge in [0.1, 0.15) is 10.7 Å². The van der Waals surface area contributed by atoms with E-state index in [-0.39, 0.29) is 10.6 Å². The summed E-state index contributed by atoms with van der Waals surface area (Å²) in [4.78, 5) is 28.8. The van der Waals surface area contributed by atoms with Crippen molar-refractivity contribution in [1.82, 2.24) is 14.8 Å². The van der Waals surface area contributed by atoms with E-state index in [1.54, 1.807) is 14.0 Å². The van der Waals surface area contributed by atoms with Gasteiger partial charge in [-0.05, 0) is 25.1 Å². The van der Waals surface area contributed by atoms with E-state index in [0.29, 0.717) is 16.4 Å². The monoisotopic (exact) mass is 394 g/mol. The Morgan fingerprint density at radius 1 is 1.22 bits per heavy atom. The lowest BCUT2D eigenvalue weighted by atomic mass is 10.1. The number of rotatable bonds is 4. The third kappa shape index (κ3) is 3.90. The maximum atomic E-state index is 12.8. The van der Waals surface area contributed by atoms with Crippen molar-refractivity contribution in [1.29, 1.82) is 0 Å². The van der Waals surface area contributed by atoms with Crippen molar-refractivity contribution in [2.24, 2.45) is 7.05 Å². The van der Waals surface area contributed by atoms with Gasteiger partial charge in [-0.2, -0.15) is 18.3 Å². The molecule has 0 aliphatic rings. The molecule has 0 radical (unpaired) electrons. The number of halogens is 3. The molecule has 0 aliphatic carbocycles. The number of alkyl halides is 3. The molecule has 2 aromatic heterocycles. The van der Waals surface area contributed by atoms with Gasteiger partial charge in [0.15, 0.2) is 5.01 Å². The number of carbonyl (C=O) groups excluding carboxylic acids is 2. The van der Waals surface area contributed by atoms with Crippen LogP contribution in [0.1, 0.15) is 37.1 Å². The molecule has 27 heavy (non-hydrogen) atoms. The summed E-state index contributed by atoms with van der Waals surface area (Å²) in [6.45, 7) is 1.60. The van der Waals surface area contributed by atoms with Gasteiger partial charge >= 0.3 is 6.18 Å². The third-order valence-electron chi connectivity index (χ3n) is 3.72. The van der Waals surface area contributed by atoms with Crippen LogP contribution in [0.3, 0.4) is 0 Å². The second-order valence-electron chi connectivity index (χ2n) is 5.64. The van der Waals surface area contributed by atoms with Crippen molar-refractivity contribution < 1.29 is 22.8 Å². The van der Waals surface area contributed by atoms with E-state index in [1.165, 1.54) is 29.1 Å². The van der Waals surface area contributed by atoms with Crippen LogP contribution in [0.2, 0.25) is 0 Å². The van der Waals surface area contributed by atoms with Crippen molar-refractivity contribution in [2.45, 2.75) is 13.1 Å². The van der Waals surface area contributed by atoms with Crippen molar-refractivity contribution >= 4 is 28.0 Å². The number of benzene rings is 1. The number of aryl methyl sites for hydroxylation is 2. The van der Waals surface area contributed by atoms with E-state index >= 15 is 0 Å². The van der Waals surface area contributed by atoms with Crippen LogP contribution in [-0.4, -0.2) is 26.5 Å². The molecule has 3 rings (SSSR count). The predicted molar refractivity (Wildman–Crippen MR) is 92.9 cm³/mol. The number of carbonyl (C=O) groups is 2. The van der Waals surface area contributed by atoms with Gasteiger partial charge in [-0.15, -0.1) is 0 Å². The van der Waals surface area contributed by atoms with Crippen molar-refractivity contribution in [2.75, 3.05) is 5.32 Å². The number of ketones is 1. The molecule has 6 nitrogen and oxygen atoms in total.